The van der Waals surface area contributed by atoms with Crippen LogP contribution in [-0.4, -0.2) is 27.5 Å². The van der Waals surface area contributed by atoms with Gasteiger partial charge < -0.3 is 10.2 Å². The van der Waals surface area contributed by atoms with Gasteiger partial charge in [-0.25, -0.2) is 0 Å². The topological polar surface area (TPSA) is 58.1 Å². The highest BCUT2D eigenvalue weighted by Crippen LogP contribution is 2.20. The molecule has 5 nitrogen and oxygen atoms in total. The summed E-state index contributed by atoms with van der Waals surface area (Å²) in [4.78, 5) is 14.6. The average Bonchev–Trinajstić information content (AvgIpc) is 2.74. The summed E-state index contributed by atoms with van der Waals surface area (Å²) < 4.78 is 0. The molecule has 0 radical (unpaired) electrons. The molecule has 1 aliphatic heterocycles. The Kier molecular flexibility index (Phi) is 4.83. The summed E-state index contributed by atoms with van der Waals surface area (Å²) >= 11 is 0. The van der Waals surface area contributed by atoms with E-state index in [9.17, 15) is 4.79 Å². The monoisotopic (exact) mass is 358 g/mol. The first-order chi connectivity index (χ1) is 13.2. The fraction of sp³-hybridized carbons (Fsp3) is 0.227. The average molecular weight is 358 g/mol. The zero-order chi connectivity index (χ0) is 18.6. The van der Waals surface area contributed by atoms with Crippen LogP contribution in [-0.2, 0) is 19.4 Å². The van der Waals surface area contributed by atoms with Crippen molar-refractivity contribution in [2.45, 2.75) is 26.3 Å². The Balaban J connectivity index is 1.43. The van der Waals surface area contributed by atoms with Crippen molar-refractivity contribution in [1.29, 1.82) is 0 Å². The van der Waals surface area contributed by atoms with Crippen molar-refractivity contribution in [3.8, 4) is 0 Å². The lowest BCUT2D eigenvalue weighted by molar-refractivity contribution is 0.0727. The van der Waals surface area contributed by atoms with Crippen LogP contribution < -0.4 is 5.32 Å². The fourth-order valence-electron chi connectivity index (χ4n) is 3.32. The maximum absolute atomic E-state index is 12.8. The van der Waals surface area contributed by atoms with E-state index in [0.29, 0.717) is 24.6 Å². The van der Waals surface area contributed by atoms with Crippen LogP contribution in [0.1, 0.15) is 34.1 Å². The minimum absolute atomic E-state index is 0.0733. The molecular weight excluding hydrogens is 336 g/mol. The van der Waals surface area contributed by atoms with Gasteiger partial charge >= 0.3 is 0 Å². The lowest BCUT2D eigenvalue weighted by Gasteiger charge is -2.28. The van der Waals surface area contributed by atoms with Crippen LogP contribution in [0.15, 0.2) is 60.7 Å². The summed E-state index contributed by atoms with van der Waals surface area (Å²) in [5.41, 5.74) is 5.14. The van der Waals surface area contributed by atoms with Gasteiger partial charge in [-0.3, -0.25) is 4.79 Å². The summed E-state index contributed by atoms with van der Waals surface area (Å²) in [5, 5.41) is 11.5. The van der Waals surface area contributed by atoms with Crippen LogP contribution in [0.2, 0.25) is 0 Å². The number of fused-ring (bicyclic) bond motifs is 1. The summed E-state index contributed by atoms with van der Waals surface area (Å²) in [6, 6.07) is 20.0. The van der Waals surface area contributed by atoms with Crippen LogP contribution in [0.25, 0.3) is 0 Å². The number of carbonyl (C=O) groups excluding carboxylic acids is 1. The molecule has 2 heterocycles. The number of carbonyl (C=O) groups is 1. The van der Waals surface area contributed by atoms with Crippen molar-refractivity contribution in [2.75, 3.05) is 11.9 Å². The van der Waals surface area contributed by atoms with Gasteiger partial charge in [0.2, 0.25) is 0 Å². The highest BCUT2D eigenvalue weighted by Gasteiger charge is 2.22. The molecule has 1 N–H and O–H groups in total. The highest BCUT2D eigenvalue weighted by molar-refractivity contribution is 5.92. The first kappa shape index (κ1) is 17.2. The molecule has 0 bridgehead atoms. The van der Waals surface area contributed by atoms with Gasteiger partial charge in [-0.15, -0.1) is 10.2 Å². The van der Waals surface area contributed by atoms with Gasteiger partial charge in [0.15, 0.2) is 11.5 Å². The van der Waals surface area contributed by atoms with Crippen molar-refractivity contribution in [3.63, 3.8) is 0 Å². The maximum Gasteiger partial charge on any atom is 0.274 e. The normalized spacial score (nSPS) is 13.1. The molecule has 1 amide bonds. The van der Waals surface area contributed by atoms with Gasteiger partial charge in [0, 0.05) is 18.8 Å². The Labute approximate surface area is 159 Å². The van der Waals surface area contributed by atoms with Gasteiger partial charge in [-0.2, -0.15) is 0 Å². The minimum Gasteiger partial charge on any atom is -0.339 e. The zero-order valence-electron chi connectivity index (χ0n) is 15.4. The minimum atomic E-state index is -0.0733. The first-order valence-corrected chi connectivity index (χ1v) is 9.28. The third-order valence-electron chi connectivity index (χ3n) is 4.94. The number of hydrogen-bond donors (Lipinski definition) is 1. The molecule has 0 aliphatic carbocycles. The molecule has 0 atom stereocenters. The van der Waals surface area contributed by atoms with Crippen molar-refractivity contribution in [3.05, 3.63) is 83.0 Å². The summed E-state index contributed by atoms with van der Waals surface area (Å²) in [5.74, 6) is 0.552. The summed E-state index contributed by atoms with van der Waals surface area (Å²) in [6.07, 6.45) is 1.89. The first-order valence-electron chi connectivity index (χ1n) is 9.28. The third kappa shape index (κ3) is 3.82. The van der Waals surface area contributed by atoms with E-state index in [0.717, 1.165) is 18.5 Å². The van der Waals surface area contributed by atoms with E-state index in [2.05, 4.69) is 46.7 Å². The molecule has 0 spiro atoms. The van der Waals surface area contributed by atoms with Gasteiger partial charge in [-0.1, -0.05) is 43.3 Å². The van der Waals surface area contributed by atoms with Crippen LogP contribution in [0.4, 0.5) is 11.5 Å². The Morgan fingerprint density at radius 2 is 1.78 bits per heavy atom. The second kappa shape index (κ2) is 7.58. The second-order valence-corrected chi connectivity index (χ2v) is 6.72. The molecular formula is C22H22N4O. The number of hydrogen-bond acceptors (Lipinski definition) is 4. The Bertz CT molecular complexity index is 935. The zero-order valence-corrected chi connectivity index (χ0v) is 15.4. The fourth-order valence-corrected chi connectivity index (χ4v) is 3.32. The van der Waals surface area contributed by atoms with E-state index in [1.54, 1.807) is 12.1 Å². The highest BCUT2D eigenvalue weighted by atomic mass is 16.2. The number of nitrogens with zero attached hydrogens (tertiary/aromatic N) is 3. The second-order valence-electron chi connectivity index (χ2n) is 6.72. The summed E-state index contributed by atoms with van der Waals surface area (Å²) in [6.45, 7) is 3.46. The van der Waals surface area contributed by atoms with E-state index in [1.807, 2.05) is 29.2 Å². The number of rotatable bonds is 4. The van der Waals surface area contributed by atoms with Crippen molar-refractivity contribution >= 4 is 17.4 Å². The molecule has 2 aromatic carbocycles. The number of anilines is 2. The maximum atomic E-state index is 12.8. The van der Waals surface area contributed by atoms with Crippen LogP contribution in [0.3, 0.4) is 0 Å². The SMILES string of the molecule is CCc1ccc(Nc2ccc(C(=O)N3CCc4ccccc4C3)nn2)cc1. The van der Waals surface area contributed by atoms with Gasteiger partial charge in [0.05, 0.1) is 0 Å². The molecule has 136 valence electrons. The molecule has 27 heavy (non-hydrogen) atoms. The molecule has 4 rings (SSSR count). The lowest BCUT2D eigenvalue weighted by atomic mass is 10.00. The standard InChI is InChI=1S/C22H22N4O/c1-2-16-7-9-19(10-8-16)23-21-12-11-20(24-25-21)22(27)26-14-13-17-5-3-4-6-18(17)15-26/h3-12H,2,13-15H2,1H3,(H,23,25). The Morgan fingerprint density at radius 3 is 2.48 bits per heavy atom. The Morgan fingerprint density at radius 1 is 1.00 bits per heavy atom. The molecule has 1 aromatic heterocycles. The predicted octanol–water partition coefficient (Wildman–Crippen LogP) is 3.98. The van der Waals surface area contributed by atoms with Gasteiger partial charge in [-0.05, 0) is 53.8 Å². The number of aromatic nitrogens is 2. The number of benzene rings is 2. The van der Waals surface area contributed by atoms with E-state index >= 15 is 0 Å². The van der Waals surface area contributed by atoms with E-state index in [1.165, 1.54) is 16.7 Å². The quantitative estimate of drug-likeness (QED) is 0.766. The lowest BCUT2D eigenvalue weighted by Crippen LogP contribution is -2.36. The molecule has 3 aromatic rings. The van der Waals surface area contributed by atoms with E-state index < -0.39 is 0 Å². The smallest absolute Gasteiger partial charge is 0.274 e. The molecule has 0 unspecified atom stereocenters. The molecule has 0 saturated carbocycles. The van der Waals surface area contributed by atoms with Crippen LogP contribution in [0.5, 0.6) is 0 Å². The van der Waals surface area contributed by atoms with Crippen LogP contribution in [0, 0.1) is 0 Å². The third-order valence-corrected chi connectivity index (χ3v) is 4.94. The molecule has 5 heteroatoms. The van der Waals surface area contributed by atoms with Crippen molar-refractivity contribution in [2.24, 2.45) is 0 Å². The number of amides is 1. The molecule has 1 aliphatic rings. The van der Waals surface area contributed by atoms with Crippen molar-refractivity contribution in [1.82, 2.24) is 15.1 Å². The van der Waals surface area contributed by atoms with E-state index in [-0.39, 0.29) is 5.91 Å². The van der Waals surface area contributed by atoms with Gasteiger partial charge in [0.25, 0.3) is 5.91 Å². The summed E-state index contributed by atoms with van der Waals surface area (Å²) in [7, 11) is 0. The predicted molar refractivity (Wildman–Crippen MR) is 106 cm³/mol. The Hall–Kier alpha value is -3.21. The van der Waals surface area contributed by atoms with Crippen LogP contribution >= 0.6 is 0 Å². The van der Waals surface area contributed by atoms with Gasteiger partial charge in [0.1, 0.15) is 0 Å². The molecule has 0 saturated heterocycles. The number of aryl methyl sites for hydroxylation is 1. The molecule has 0 fully saturated rings. The number of nitrogens with one attached hydrogen (secondary N) is 1. The largest absolute Gasteiger partial charge is 0.339 e. The van der Waals surface area contributed by atoms with E-state index in [4.69, 9.17) is 0 Å². The van der Waals surface area contributed by atoms with Crippen molar-refractivity contribution < 1.29 is 4.79 Å².